The van der Waals surface area contributed by atoms with E-state index in [1.54, 1.807) is 0 Å². The molecule has 0 saturated carbocycles. The van der Waals surface area contributed by atoms with E-state index in [0.717, 1.165) is 25.9 Å². The zero-order valence-electron chi connectivity index (χ0n) is 12.0. The second-order valence-corrected chi connectivity index (χ2v) is 6.43. The number of nitrogens with two attached hydrogens (primary N) is 1. The summed E-state index contributed by atoms with van der Waals surface area (Å²) >= 11 is 0. The van der Waals surface area contributed by atoms with Gasteiger partial charge in [-0.2, -0.15) is 0 Å². The van der Waals surface area contributed by atoms with E-state index in [0.29, 0.717) is 12.1 Å². The highest BCUT2D eigenvalue weighted by Crippen LogP contribution is 2.33. The van der Waals surface area contributed by atoms with Gasteiger partial charge in [-0.3, -0.25) is 0 Å². The fourth-order valence-electron chi connectivity index (χ4n) is 3.93. The van der Waals surface area contributed by atoms with Crippen LogP contribution in [0.1, 0.15) is 12.8 Å². The third-order valence-electron chi connectivity index (χ3n) is 5.03. The quantitative estimate of drug-likeness (QED) is 0.804. The number of piperidine rings is 1. The van der Waals surface area contributed by atoms with Gasteiger partial charge in [0.15, 0.2) is 0 Å². The average Bonchev–Trinajstić information content (AvgIpc) is 2.82. The van der Waals surface area contributed by atoms with Gasteiger partial charge in [-0.05, 0) is 25.9 Å². The molecule has 0 aromatic heterocycles. The number of allylic oxidation sites excluding steroid dienone is 3. The predicted molar refractivity (Wildman–Crippen MR) is 81.0 cm³/mol. The molecular weight excluding hydrogens is 248 g/mol. The smallest absolute Gasteiger partial charge is 0.112 e. The first-order chi connectivity index (χ1) is 9.81. The van der Waals surface area contributed by atoms with Crippen LogP contribution >= 0.6 is 0 Å². The molecule has 4 heteroatoms. The molecule has 0 bridgehead atoms. The molecule has 20 heavy (non-hydrogen) atoms. The lowest BCUT2D eigenvalue weighted by Gasteiger charge is -2.36. The Labute approximate surface area is 121 Å². The lowest BCUT2D eigenvalue weighted by molar-refractivity contribution is 0.166. The molecule has 0 spiro atoms. The Hall–Kier alpha value is -1.26. The number of nitrogens with zero attached hydrogens (tertiary/aromatic N) is 3. The Morgan fingerprint density at radius 2 is 1.85 bits per heavy atom. The van der Waals surface area contributed by atoms with Crippen LogP contribution in [-0.4, -0.2) is 66.1 Å². The highest BCUT2D eigenvalue weighted by Gasteiger charge is 2.37. The van der Waals surface area contributed by atoms with E-state index in [-0.39, 0.29) is 0 Å². The summed E-state index contributed by atoms with van der Waals surface area (Å²) in [6, 6.07) is 1.07. The maximum absolute atomic E-state index is 6.01. The van der Waals surface area contributed by atoms with Crippen molar-refractivity contribution in [2.75, 3.05) is 39.3 Å². The Morgan fingerprint density at radius 3 is 2.65 bits per heavy atom. The van der Waals surface area contributed by atoms with Crippen LogP contribution in [0.25, 0.3) is 0 Å². The average molecular weight is 272 g/mol. The molecule has 1 atom stereocenters. The van der Waals surface area contributed by atoms with Crippen molar-refractivity contribution in [3.05, 3.63) is 35.7 Å². The van der Waals surface area contributed by atoms with Crippen molar-refractivity contribution in [2.24, 2.45) is 5.73 Å². The van der Waals surface area contributed by atoms with Crippen LogP contribution in [0.3, 0.4) is 0 Å². The molecule has 0 radical (unpaired) electrons. The monoisotopic (exact) mass is 272 g/mol. The standard InChI is InChI=1S/C16H24N4/c17-14-5-9-18(10-6-14)11-15-12-19-7-1-3-13-4-2-8-20(15)16(13)19/h1-4,14-15H,5-12,17H2. The van der Waals surface area contributed by atoms with E-state index in [2.05, 4.69) is 39.0 Å². The number of rotatable bonds is 2. The van der Waals surface area contributed by atoms with Crippen LogP contribution < -0.4 is 5.73 Å². The van der Waals surface area contributed by atoms with E-state index in [1.807, 2.05) is 0 Å². The normalized spacial score (nSPS) is 30.4. The van der Waals surface area contributed by atoms with E-state index in [4.69, 9.17) is 5.73 Å². The van der Waals surface area contributed by atoms with Gasteiger partial charge >= 0.3 is 0 Å². The van der Waals surface area contributed by atoms with E-state index in [1.165, 1.54) is 37.6 Å². The minimum absolute atomic E-state index is 0.428. The van der Waals surface area contributed by atoms with Gasteiger partial charge in [0.2, 0.25) is 0 Å². The molecule has 4 nitrogen and oxygen atoms in total. The molecule has 2 saturated heterocycles. The molecule has 108 valence electrons. The number of hydrogen-bond donors (Lipinski definition) is 1. The van der Waals surface area contributed by atoms with E-state index < -0.39 is 0 Å². The SMILES string of the molecule is NC1CCN(CC2CN3CC=CC4=C3N2CC=C4)CC1. The van der Waals surface area contributed by atoms with Crippen molar-refractivity contribution >= 4 is 0 Å². The molecule has 4 aliphatic rings. The second kappa shape index (κ2) is 4.93. The second-order valence-electron chi connectivity index (χ2n) is 6.43. The Bertz CT molecular complexity index is 467. The summed E-state index contributed by atoms with van der Waals surface area (Å²) in [5, 5.41) is 0. The van der Waals surface area contributed by atoms with Crippen molar-refractivity contribution < 1.29 is 0 Å². The van der Waals surface area contributed by atoms with Crippen molar-refractivity contribution in [1.82, 2.24) is 14.7 Å². The number of hydrogen-bond acceptors (Lipinski definition) is 4. The molecule has 0 aliphatic carbocycles. The summed E-state index contributed by atoms with van der Waals surface area (Å²) in [4.78, 5) is 7.75. The largest absolute Gasteiger partial charge is 0.352 e. The van der Waals surface area contributed by atoms with Crippen molar-refractivity contribution in [3.63, 3.8) is 0 Å². The molecule has 2 N–H and O–H groups in total. The summed E-state index contributed by atoms with van der Waals surface area (Å²) < 4.78 is 0. The lowest BCUT2D eigenvalue weighted by atomic mass is 10.1. The van der Waals surface area contributed by atoms with Crippen LogP contribution in [0.4, 0.5) is 0 Å². The van der Waals surface area contributed by atoms with E-state index >= 15 is 0 Å². The molecule has 2 fully saturated rings. The van der Waals surface area contributed by atoms with Crippen molar-refractivity contribution in [1.29, 1.82) is 0 Å². The minimum atomic E-state index is 0.428. The van der Waals surface area contributed by atoms with Gasteiger partial charge in [0.05, 0.1) is 6.04 Å². The summed E-state index contributed by atoms with van der Waals surface area (Å²) in [5.41, 5.74) is 7.41. The Kier molecular flexibility index (Phi) is 3.08. The summed E-state index contributed by atoms with van der Waals surface area (Å²) in [6.45, 7) is 6.85. The zero-order chi connectivity index (χ0) is 13.5. The summed E-state index contributed by atoms with van der Waals surface area (Å²) in [7, 11) is 0. The predicted octanol–water partition coefficient (Wildman–Crippen LogP) is 0.747. The first-order valence-electron chi connectivity index (χ1n) is 7.88. The fourth-order valence-corrected chi connectivity index (χ4v) is 3.93. The highest BCUT2D eigenvalue weighted by molar-refractivity contribution is 5.42. The Balaban J connectivity index is 1.47. The maximum Gasteiger partial charge on any atom is 0.112 e. The van der Waals surface area contributed by atoms with Gasteiger partial charge in [0, 0.05) is 37.8 Å². The van der Waals surface area contributed by atoms with Gasteiger partial charge in [-0.15, -0.1) is 0 Å². The zero-order valence-corrected chi connectivity index (χ0v) is 12.0. The first-order valence-corrected chi connectivity index (χ1v) is 7.88. The van der Waals surface area contributed by atoms with Crippen LogP contribution in [0.5, 0.6) is 0 Å². The number of likely N-dealkylation sites (tertiary alicyclic amines) is 1. The van der Waals surface area contributed by atoms with Gasteiger partial charge in [0.1, 0.15) is 5.82 Å². The molecule has 0 aromatic carbocycles. The van der Waals surface area contributed by atoms with Crippen LogP contribution in [0, 0.1) is 0 Å². The summed E-state index contributed by atoms with van der Waals surface area (Å²) in [6.07, 6.45) is 11.5. The third kappa shape index (κ3) is 2.07. The fraction of sp³-hybridized carbons (Fsp3) is 0.625. The topological polar surface area (TPSA) is 35.7 Å². The third-order valence-corrected chi connectivity index (χ3v) is 5.03. The van der Waals surface area contributed by atoms with Crippen LogP contribution in [0.2, 0.25) is 0 Å². The summed E-state index contributed by atoms with van der Waals surface area (Å²) in [5.74, 6) is 1.47. The molecule has 4 aliphatic heterocycles. The molecule has 0 aromatic rings. The lowest BCUT2D eigenvalue weighted by Crippen LogP contribution is -2.46. The molecular formula is C16H24N4. The van der Waals surface area contributed by atoms with Crippen molar-refractivity contribution in [3.8, 4) is 0 Å². The molecule has 1 unspecified atom stereocenters. The van der Waals surface area contributed by atoms with Crippen molar-refractivity contribution in [2.45, 2.75) is 24.9 Å². The van der Waals surface area contributed by atoms with Gasteiger partial charge in [-0.25, -0.2) is 0 Å². The van der Waals surface area contributed by atoms with Gasteiger partial charge < -0.3 is 20.4 Å². The Morgan fingerprint density at radius 1 is 1.10 bits per heavy atom. The molecule has 4 heterocycles. The van der Waals surface area contributed by atoms with Crippen LogP contribution in [-0.2, 0) is 0 Å². The first kappa shape index (κ1) is 12.5. The highest BCUT2D eigenvalue weighted by atomic mass is 15.4. The van der Waals surface area contributed by atoms with Crippen LogP contribution in [0.15, 0.2) is 35.7 Å². The maximum atomic E-state index is 6.01. The molecule has 0 amide bonds. The van der Waals surface area contributed by atoms with Gasteiger partial charge in [-0.1, -0.05) is 24.3 Å². The van der Waals surface area contributed by atoms with Gasteiger partial charge in [0.25, 0.3) is 0 Å². The molecule has 4 rings (SSSR count). The minimum Gasteiger partial charge on any atom is -0.352 e. The van der Waals surface area contributed by atoms with E-state index in [9.17, 15) is 0 Å².